The summed E-state index contributed by atoms with van der Waals surface area (Å²) < 4.78 is 2.31. The van der Waals surface area contributed by atoms with Crippen LogP contribution in [-0.2, 0) is 13.1 Å². The highest BCUT2D eigenvalue weighted by Gasteiger charge is 2.19. The minimum Gasteiger partial charge on any atom is -0.345 e. The second-order valence-electron chi connectivity index (χ2n) is 10.5. The molecule has 0 aliphatic heterocycles. The molecule has 1 aliphatic rings. The van der Waals surface area contributed by atoms with Gasteiger partial charge in [0.15, 0.2) is 5.11 Å². The first-order valence-electron chi connectivity index (χ1n) is 13.6. The zero-order chi connectivity index (χ0) is 26.2. The number of nitrogens with one attached hydrogen (secondary N) is 1. The summed E-state index contributed by atoms with van der Waals surface area (Å²) in [5, 5.41) is 5.14. The summed E-state index contributed by atoms with van der Waals surface area (Å²) in [5.74, 6) is 0. The number of halogens is 1. The van der Waals surface area contributed by atoms with Crippen molar-refractivity contribution in [3.8, 4) is 0 Å². The van der Waals surface area contributed by atoms with E-state index in [9.17, 15) is 0 Å². The number of anilines is 1. The maximum absolute atomic E-state index is 6.10. The number of aryl methyl sites for hydroxylation is 2. The molecule has 0 amide bonds. The number of para-hydroxylation sites is 1. The van der Waals surface area contributed by atoms with Gasteiger partial charge in [-0.2, -0.15) is 0 Å². The molecule has 37 heavy (non-hydrogen) atoms. The second-order valence-corrected chi connectivity index (χ2v) is 11.3. The minimum atomic E-state index is 0.735. The van der Waals surface area contributed by atoms with Crippen LogP contribution in [0.25, 0.3) is 0 Å². The molecule has 1 aromatic heterocycles. The van der Waals surface area contributed by atoms with Gasteiger partial charge in [0.05, 0.1) is 6.54 Å². The molecule has 198 valence electrons. The Bertz CT molecular complexity index is 1130. The number of benzene rings is 2. The smallest absolute Gasteiger partial charge is 0.173 e. The van der Waals surface area contributed by atoms with Crippen molar-refractivity contribution in [2.24, 2.45) is 0 Å². The fraction of sp³-hybridized carbons (Fsp3) is 0.452. The quantitative estimate of drug-likeness (QED) is 0.269. The average Bonchev–Trinajstić information content (AvgIpc) is 3.33. The zero-order valence-corrected chi connectivity index (χ0v) is 24.1. The maximum atomic E-state index is 6.10. The Kier molecular flexibility index (Phi) is 10.1. The van der Waals surface area contributed by atoms with Crippen molar-refractivity contribution >= 4 is 34.6 Å². The van der Waals surface area contributed by atoms with Gasteiger partial charge in [-0.25, -0.2) is 0 Å². The normalized spacial score (nSPS) is 14.2. The molecule has 3 aromatic rings. The summed E-state index contributed by atoms with van der Waals surface area (Å²) in [6.07, 6.45) is 10.0. The van der Waals surface area contributed by atoms with E-state index < -0.39 is 0 Å². The highest BCUT2D eigenvalue weighted by Crippen LogP contribution is 2.23. The van der Waals surface area contributed by atoms with E-state index in [4.69, 9.17) is 23.8 Å². The van der Waals surface area contributed by atoms with Crippen molar-refractivity contribution < 1.29 is 0 Å². The third-order valence-electron chi connectivity index (χ3n) is 7.68. The van der Waals surface area contributed by atoms with Crippen LogP contribution < -0.4 is 5.32 Å². The molecule has 0 unspecified atom stereocenters. The van der Waals surface area contributed by atoms with Crippen LogP contribution in [0, 0.1) is 13.8 Å². The van der Waals surface area contributed by atoms with Gasteiger partial charge in [-0.15, -0.1) is 0 Å². The summed E-state index contributed by atoms with van der Waals surface area (Å²) >= 11 is 12.1. The standard InChI is InChI=1S/C31H41ClN4S/c1-24-10-7-11-25(2)30(24)33-31(37)36(21-9-19-34(3)28-12-5-4-6-13-28)23-29-14-8-20-35(29)22-26-15-17-27(32)18-16-26/h7-8,10-11,14-18,20,28H,4-6,9,12-13,19,21-23H2,1-3H3,(H,33,37). The molecular weight excluding hydrogens is 496 g/mol. The number of aromatic nitrogens is 1. The largest absolute Gasteiger partial charge is 0.345 e. The fourth-order valence-corrected chi connectivity index (χ4v) is 5.78. The Morgan fingerprint density at radius 2 is 1.68 bits per heavy atom. The summed E-state index contributed by atoms with van der Waals surface area (Å²) in [6.45, 7) is 7.87. The lowest BCUT2D eigenvalue weighted by atomic mass is 9.94. The molecule has 1 heterocycles. The fourth-order valence-electron chi connectivity index (χ4n) is 5.39. The number of thiocarbonyl (C=S) groups is 1. The molecule has 6 heteroatoms. The van der Waals surface area contributed by atoms with Crippen molar-refractivity contribution in [3.05, 3.63) is 88.2 Å². The van der Waals surface area contributed by atoms with Gasteiger partial charge >= 0.3 is 0 Å². The van der Waals surface area contributed by atoms with Crippen LogP contribution in [0.15, 0.2) is 60.8 Å². The van der Waals surface area contributed by atoms with E-state index in [-0.39, 0.29) is 0 Å². The molecule has 1 N–H and O–H groups in total. The molecule has 1 saturated carbocycles. The Morgan fingerprint density at radius 1 is 0.973 bits per heavy atom. The Hall–Kier alpha value is -2.34. The van der Waals surface area contributed by atoms with E-state index >= 15 is 0 Å². The third kappa shape index (κ3) is 7.83. The van der Waals surface area contributed by atoms with Crippen LogP contribution >= 0.6 is 23.8 Å². The molecule has 4 rings (SSSR count). The minimum absolute atomic E-state index is 0.735. The van der Waals surface area contributed by atoms with Gasteiger partial charge < -0.3 is 19.7 Å². The van der Waals surface area contributed by atoms with Gasteiger partial charge in [0, 0.05) is 41.7 Å². The Morgan fingerprint density at radius 3 is 2.38 bits per heavy atom. The molecule has 1 aliphatic carbocycles. The number of rotatable bonds is 10. The van der Waals surface area contributed by atoms with E-state index in [0.717, 1.165) is 54.5 Å². The van der Waals surface area contributed by atoms with E-state index in [1.807, 2.05) is 12.1 Å². The molecule has 1 fully saturated rings. The molecule has 0 saturated heterocycles. The summed E-state index contributed by atoms with van der Waals surface area (Å²) in [7, 11) is 2.30. The van der Waals surface area contributed by atoms with E-state index in [0.29, 0.717) is 0 Å². The van der Waals surface area contributed by atoms with E-state index in [2.05, 4.69) is 89.2 Å². The third-order valence-corrected chi connectivity index (χ3v) is 8.29. The molecular formula is C31H41ClN4S. The van der Waals surface area contributed by atoms with Crippen molar-refractivity contribution in [3.63, 3.8) is 0 Å². The lowest BCUT2D eigenvalue weighted by Gasteiger charge is -2.32. The Balaban J connectivity index is 1.46. The van der Waals surface area contributed by atoms with Crippen LogP contribution in [0.1, 0.15) is 60.9 Å². The predicted octanol–water partition coefficient (Wildman–Crippen LogP) is 7.66. The van der Waals surface area contributed by atoms with Gasteiger partial charge in [-0.3, -0.25) is 0 Å². The molecule has 0 radical (unpaired) electrons. The van der Waals surface area contributed by atoms with Gasteiger partial charge in [-0.05, 0) is 99.9 Å². The van der Waals surface area contributed by atoms with Crippen molar-refractivity contribution in [2.45, 2.75) is 71.5 Å². The average molecular weight is 537 g/mol. The second kappa shape index (κ2) is 13.5. The molecule has 2 aromatic carbocycles. The van der Waals surface area contributed by atoms with Gasteiger partial charge in [-0.1, -0.05) is 61.2 Å². The van der Waals surface area contributed by atoms with Crippen LogP contribution in [0.3, 0.4) is 0 Å². The first-order chi connectivity index (χ1) is 17.9. The number of hydrogen-bond donors (Lipinski definition) is 1. The molecule has 4 nitrogen and oxygen atoms in total. The van der Waals surface area contributed by atoms with Crippen LogP contribution in [0.4, 0.5) is 5.69 Å². The first-order valence-corrected chi connectivity index (χ1v) is 14.4. The topological polar surface area (TPSA) is 23.4 Å². The van der Waals surface area contributed by atoms with E-state index in [1.165, 1.54) is 54.5 Å². The molecule has 0 bridgehead atoms. The van der Waals surface area contributed by atoms with E-state index in [1.54, 1.807) is 0 Å². The van der Waals surface area contributed by atoms with Gasteiger partial charge in [0.2, 0.25) is 0 Å². The van der Waals surface area contributed by atoms with Crippen molar-refractivity contribution in [1.29, 1.82) is 0 Å². The SMILES string of the molecule is Cc1cccc(C)c1NC(=S)N(CCCN(C)C1CCCCC1)Cc1cccn1Cc1ccc(Cl)cc1. The van der Waals surface area contributed by atoms with Crippen molar-refractivity contribution in [2.75, 3.05) is 25.5 Å². The summed E-state index contributed by atoms with van der Waals surface area (Å²) in [6, 6.07) is 19.5. The number of hydrogen-bond acceptors (Lipinski definition) is 2. The molecule has 0 spiro atoms. The highest BCUT2D eigenvalue weighted by atomic mass is 35.5. The van der Waals surface area contributed by atoms with Gasteiger partial charge in [0.1, 0.15) is 0 Å². The lowest BCUT2D eigenvalue weighted by molar-refractivity contribution is 0.185. The highest BCUT2D eigenvalue weighted by molar-refractivity contribution is 7.80. The molecule has 0 atom stereocenters. The summed E-state index contributed by atoms with van der Waals surface area (Å²) in [5.41, 5.74) is 6.03. The summed E-state index contributed by atoms with van der Waals surface area (Å²) in [4.78, 5) is 4.91. The van der Waals surface area contributed by atoms with Crippen LogP contribution in [0.2, 0.25) is 5.02 Å². The van der Waals surface area contributed by atoms with Gasteiger partial charge in [0.25, 0.3) is 0 Å². The zero-order valence-electron chi connectivity index (χ0n) is 22.5. The monoisotopic (exact) mass is 536 g/mol. The first kappa shape index (κ1) is 27.7. The predicted molar refractivity (Wildman–Crippen MR) is 162 cm³/mol. The maximum Gasteiger partial charge on any atom is 0.173 e. The lowest BCUT2D eigenvalue weighted by Crippen LogP contribution is -2.39. The number of nitrogens with zero attached hydrogens (tertiary/aromatic N) is 3. The van der Waals surface area contributed by atoms with Crippen LogP contribution in [0.5, 0.6) is 0 Å². The Labute approximate surface area is 233 Å². The van der Waals surface area contributed by atoms with Crippen LogP contribution in [-0.4, -0.2) is 45.7 Å². The van der Waals surface area contributed by atoms with Crippen molar-refractivity contribution in [1.82, 2.24) is 14.4 Å².